The van der Waals surface area contributed by atoms with E-state index in [-0.39, 0.29) is 10.6 Å². The number of benzene rings is 1. The van der Waals surface area contributed by atoms with Gasteiger partial charge in [-0.15, -0.1) is 23.1 Å². The van der Waals surface area contributed by atoms with Gasteiger partial charge in [-0.1, -0.05) is 32.0 Å². The Morgan fingerprint density at radius 1 is 1.21 bits per heavy atom. The van der Waals surface area contributed by atoms with Gasteiger partial charge in [-0.3, -0.25) is 4.79 Å². The van der Waals surface area contributed by atoms with Crippen LogP contribution in [0.2, 0.25) is 0 Å². The van der Waals surface area contributed by atoms with E-state index in [1.54, 1.807) is 28.6 Å². The topological polar surface area (TPSA) is 81.1 Å². The van der Waals surface area contributed by atoms with Crippen molar-refractivity contribution < 1.29 is 13.2 Å². The molecule has 2 aromatic heterocycles. The average molecular weight is 436 g/mol. The molecule has 3 aromatic rings. The average Bonchev–Trinajstić information content (AvgIpc) is 3.21. The van der Waals surface area contributed by atoms with Crippen molar-refractivity contribution in [2.75, 3.05) is 0 Å². The van der Waals surface area contributed by atoms with Gasteiger partial charge in [0.15, 0.2) is 0 Å². The number of amides is 1. The minimum atomic E-state index is -3.89. The Kier molecular flexibility index (Phi) is 6.26. The molecular formula is C19H21N3O3S3. The predicted octanol–water partition coefficient (Wildman–Crippen LogP) is 3.79. The van der Waals surface area contributed by atoms with E-state index in [1.807, 2.05) is 51.1 Å². The van der Waals surface area contributed by atoms with E-state index in [1.165, 1.54) is 6.07 Å². The SMILES string of the molecule is Cc1cc(CC(=O)NS(=O)(=O)c2ccc(SC(C)C)s2)n(-c2ccccc2)n1. The van der Waals surface area contributed by atoms with E-state index in [0.717, 1.165) is 26.9 Å². The van der Waals surface area contributed by atoms with Gasteiger partial charge in [-0.25, -0.2) is 17.8 Å². The van der Waals surface area contributed by atoms with Gasteiger partial charge in [0.25, 0.3) is 10.0 Å². The molecule has 3 rings (SSSR count). The largest absolute Gasteiger partial charge is 0.274 e. The van der Waals surface area contributed by atoms with E-state index in [9.17, 15) is 13.2 Å². The van der Waals surface area contributed by atoms with Crippen LogP contribution in [0.3, 0.4) is 0 Å². The molecule has 0 aliphatic heterocycles. The fourth-order valence-electron chi connectivity index (χ4n) is 2.62. The monoisotopic (exact) mass is 435 g/mol. The van der Waals surface area contributed by atoms with Crippen LogP contribution in [0, 0.1) is 6.92 Å². The zero-order chi connectivity index (χ0) is 20.3. The molecule has 0 saturated carbocycles. The van der Waals surface area contributed by atoms with Crippen LogP contribution in [0.5, 0.6) is 0 Å². The van der Waals surface area contributed by atoms with Crippen molar-refractivity contribution in [3.05, 3.63) is 59.9 Å². The van der Waals surface area contributed by atoms with E-state index >= 15 is 0 Å². The van der Waals surface area contributed by atoms with Gasteiger partial charge in [-0.2, -0.15) is 5.10 Å². The van der Waals surface area contributed by atoms with Crippen LogP contribution >= 0.6 is 23.1 Å². The molecule has 6 nitrogen and oxygen atoms in total. The van der Waals surface area contributed by atoms with Crippen LogP contribution in [0.15, 0.2) is 56.9 Å². The summed E-state index contributed by atoms with van der Waals surface area (Å²) in [5.74, 6) is -0.594. The quantitative estimate of drug-likeness (QED) is 0.571. The lowest BCUT2D eigenvalue weighted by Crippen LogP contribution is -2.31. The molecule has 0 atom stereocenters. The maximum atomic E-state index is 12.5. The summed E-state index contributed by atoms with van der Waals surface area (Å²) in [4.78, 5) is 12.4. The highest BCUT2D eigenvalue weighted by molar-refractivity contribution is 8.02. The summed E-state index contributed by atoms with van der Waals surface area (Å²) in [6, 6.07) is 14.5. The molecule has 1 aromatic carbocycles. The number of nitrogens with zero attached hydrogens (tertiary/aromatic N) is 2. The van der Waals surface area contributed by atoms with Crippen LogP contribution in [0.4, 0.5) is 0 Å². The molecule has 0 aliphatic rings. The Bertz CT molecular complexity index is 1070. The van der Waals surface area contributed by atoms with Crippen LogP contribution in [0.25, 0.3) is 5.69 Å². The third-order valence-electron chi connectivity index (χ3n) is 3.67. The molecule has 0 aliphatic carbocycles. The Morgan fingerprint density at radius 2 is 1.93 bits per heavy atom. The first-order valence-electron chi connectivity index (χ1n) is 8.68. The fraction of sp³-hybridized carbons (Fsp3) is 0.263. The van der Waals surface area contributed by atoms with Crippen molar-refractivity contribution in [3.63, 3.8) is 0 Å². The summed E-state index contributed by atoms with van der Waals surface area (Å²) in [7, 11) is -3.89. The molecule has 0 saturated heterocycles. The highest BCUT2D eigenvalue weighted by Crippen LogP contribution is 2.32. The smallest absolute Gasteiger partial charge is 0.273 e. The molecule has 0 radical (unpaired) electrons. The lowest BCUT2D eigenvalue weighted by molar-refractivity contribution is -0.118. The molecule has 0 unspecified atom stereocenters. The normalized spacial score (nSPS) is 11.7. The second-order valence-electron chi connectivity index (χ2n) is 6.47. The third-order valence-corrected chi connectivity index (χ3v) is 7.79. The molecule has 148 valence electrons. The first-order valence-corrected chi connectivity index (χ1v) is 11.9. The summed E-state index contributed by atoms with van der Waals surface area (Å²) in [6.07, 6.45) is -0.0893. The molecular weight excluding hydrogens is 414 g/mol. The second-order valence-corrected chi connectivity index (χ2v) is 11.3. The van der Waals surface area contributed by atoms with Gasteiger partial charge in [0.05, 0.1) is 27.7 Å². The van der Waals surface area contributed by atoms with Crippen molar-refractivity contribution in [1.29, 1.82) is 0 Å². The highest BCUT2D eigenvalue weighted by Gasteiger charge is 2.22. The summed E-state index contributed by atoms with van der Waals surface area (Å²) >= 11 is 2.75. The zero-order valence-corrected chi connectivity index (χ0v) is 18.2. The van der Waals surface area contributed by atoms with Crippen molar-refractivity contribution in [1.82, 2.24) is 14.5 Å². The third kappa shape index (κ3) is 5.03. The number of aromatic nitrogens is 2. The molecule has 1 amide bonds. The second kappa shape index (κ2) is 8.50. The number of sulfonamides is 1. The molecule has 1 N–H and O–H groups in total. The molecule has 0 spiro atoms. The van der Waals surface area contributed by atoms with E-state index in [0.29, 0.717) is 10.9 Å². The molecule has 0 fully saturated rings. The summed E-state index contributed by atoms with van der Waals surface area (Å²) in [6.45, 7) is 5.91. The van der Waals surface area contributed by atoms with Crippen molar-refractivity contribution in [2.24, 2.45) is 0 Å². The van der Waals surface area contributed by atoms with Crippen molar-refractivity contribution in [2.45, 2.75) is 40.9 Å². The first kappa shape index (κ1) is 20.6. The Morgan fingerprint density at radius 3 is 2.61 bits per heavy atom. The maximum Gasteiger partial charge on any atom is 0.273 e. The Balaban J connectivity index is 1.75. The maximum absolute atomic E-state index is 12.5. The van der Waals surface area contributed by atoms with Crippen LogP contribution in [0.1, 0.15) is 25.2 Å². The molecule has 28 heavy (non-hydrogen) atoms. The van der Waals surface area contributed by atoms with Gasteiger partial charge in [-0.05, 0) is 37.3 Å². The van der Waals surface area contributed by atoms with E-state index in [4.69, 9.17) is 0 Å². The number of nitrogens with one attached hydrogen (secondary N) is 1. The number of carbonyl (C=O) groups is 1. The fourth-order valence-corrected chi connectivity index (χ4v) is 6.45. The van der Waals surface area contributed by atoms with Crippen LogP contribution in [-0.2, 0) is 21.2 Å². The van der Waals surface area contributed by atoms with Gasteiger partial charge in [0.2, 0.25) is 5.91 Å². The summed E-state index contributed by atoms with van der Waals surface area (Å²) in [5.41, 5.74) is 2.19. The number of thiophene rings is 1. The zero-order valence-electron chi connectivity index (χ0n) is 15.7. The molecule has 2 heterocycles. The van der Waals surface area contributed by atoms with Gasteiger partial charge >= 0.3 is 0 Å². The van der Waals surface area contributed by atoms with E-state index in [2.05, 4.69) is 9.82 Å². The van der Waals surface area contributed by atoms with Gasteiger partial charge < -0.3 is 0 Å². The predicted molar refractivity (Wildman–Crippen MR) is 113 cm³/mol. The standard InChI is InChI=1S/C19H21N3O3S3/c1-13(2)26-18-9-10-19(27-18)28(24,25)21-17(23)12-16-11-14(3)20-22(16)15-7-5-4-6-8-15/h4-11,13H,12H2,1-3H3,(H,21,23). The number of hydrogen-bond donors (Lipinski definition) is 1. The lowest BCUT2D eigenvalue weighted by Gasteiger charge is -2.08. The van der Waals surface area contributed by atoms with Gasteiger partial charge in [0, 0.05) is 5.25 Å². The summed E-state index contributed by atoms with van der Waals surface area (Å²) < 4.78 is 29.9. The molecule has 0 bridgehead atoms. The first-order chi connectivity index (χ1) is 13.2. The minimum Gasteiger partial charge on any atom is -0.274 e. The Hall–Kier alpha value is -2.10. The van der Waals surface area contributed by atoms with Crippen molar-refractivity contribution >= 4 is 39.0 Å². The highest BCUT2D eigenvalue weighted by atomic mass is 32.3. The van der Waals surface area contributed by atoms with Crippen LogP contribution in [-0.4, -0.2) is 29.4 Å². The minimum absolute atomic E-state index is 0.0893. The number of rotatable bonds is 7. The molecule has 9 heteroatoms. The number of thioether (sulfide) groups is 1. The van der Waals surface area contributed by atoms with Crippen LogP contribution < -0.4 is 4.72 Å². The number of para-hydroxylation sites is 1. The number of carbonyl (C=O) groups excluding carboxylic acids is 1. The Labute approximate surface area is 173 Å². The lowest BCUT2D eigenvalue weighted by atomic mass is 10.2. The number of aryl methyl sites for hydroxylation is 1. The van der Waals surface area contributed by atoms with Gasteiger partial charge in [0.1, 0.15) is 4.21 Å². The summed E-state index contributed by atoms with van der Waals surface area (Å²) in [5, 5.41) is 4.76. The van der Waals surface area contributed by atoms with E-state index < -0.39 is 15.9 Å². The van der Waals surface area contributed by atoms with Crippen molar-refractivity contribution in [3.8, 4) is 5.69 Å². The number of hydrogen-bond acceptors (Lipinski definition) is 6.